The Bertz CT molecular complexity index is 758. The molecule has 0 unspecified atom stereocenters. The van der Waals surface area contributed by atoms with Crippen molar-refractivity contribution in [2.75, 3.05) is 13.7 Å². The van der Waals surface area contributed by atoms with Gasteiger partial charge in [-0.3, -0.25) is 0 Å². The van der Waals surface area contributed by atoms with Gasteiger partial charge in [0.15, 0.2) is 0 Å². The quantitative estimate of drug-likeness (QED) is 0.416. The standard InChI is InChI=1S/C22H27NO5/c1-3-4-5-6-7-15-27-18-13-11-17(12-14-18)16-28-22(25)20-10-8-9-19(23-20)21(24)26-2/h8-14H,3-7,15-16H2,1-2H3. The molecule has 1 aromatic heterocycles. The van der Waals surface area contributed by atoms with Gasteiger partial charge in [-0.2, -0.15) is 0 Å². The number of hydrogen-bond acceptors (Lipinski definition) is 6. The van der Waals surface area contributed by atoms with Crippen LogP contribution in [0.2, 0.25) is 0 Å². The molecule has 0 bridgehead atoms. The van der Waals surface area contributed by atoms with Crippen LogP contribution in [0.4, 0.5) is 0 Å². The zero-order valence-corrected chi connectivity index (χ0v) is 16.5. The largest absolute Gasteiger partial charge is 0.494 e. The van der Waals surface area contributed by atoms with E-state index in [1.807, 2.05) is 24.3 Å². The Balaban J connectivity index is 1.78. The van der Waals surface area contributed by atoms with Gasteiger partial charge in [-0.15, -0.1) is 0 Å². The molecule has 0 fully saturated rings. The second-order valence-electron chi connectivity index (χ2n) is 6.38. The second kappa shape index (κ2) is 11.7. The molecule has 6 nitrogen and oxygen atoms in total. The van der Waals surface area contributed by atoms with E-state index >= 15 is 0 Å². The molecule has 2 rings (SSSR count). The number of hydrogen-bond donors (Lipinski definition) is 0. The fraction of sp³-hybridized carbons (Fsp3) is 0.409. The molecule has 2 aromatic rings. The Morgan fingerprint density at radius 3 is 2.25 bits per heavy atom. The van der Waals surface area contributed by atoms with Crippen molar-refractivity contribution >= 4 is 11.9 Å². The van der Waals surface area contributed by atoms with Crippen molar-refractivity contribution in [2.24, 2.45) is 0 Å². The summed E-state index contributed by atoms with van der Waals surface area (Å²) in [5.74, 6) is -0.397. The summed E-state index contributed by atoms with van der Waals surface area (Å²) in [4.78, 5) is 27.6. The van der Waals surface area contributed by atoms with E-state index in [1.165, 1.54) is 44.9 Å². The van der Waals surface area contributed by atoms with Crippen LogP contribution in [0.5, 0.6) is 5.75 Å². The van der Waals surface area contributed by atoms with E-state index in [0.29, 0.717) is 6.61 Å². The highest BCUT2D eigenvalue weighted by molar-refractivity contribution is 5.91. The molecular formula is C22H27NO5. The molecule has 6 heteroatoms. The van der Waals surface area contributed by atoms with E-state index < -0.39 is 11.9 Å². The first-order valence-electron chi connectivity index (χ1n) is 9.58. The van der Waals surface area contributed by atoms with E-state index in [9.17, 15) is 9.59 Å². The van der Waals surface area contributed by atoms with Gasteiger partial charge in [0, 0.05) is 0 Å². The predicted molar refractivity (Wildman–Crippen MR) is 105 cm³/mol. The van der Waals surface area contributed by atoms with Crippen LogP contribution < -0.4 is 4.74 Å². The highest BCUT2D eigenvalue weighted by atomic mass is 16.5. The van der Waals surface area contributed by atoms with E-state index in [4.69, 9.17) is 9.47 Å². The molecule has 0 saturated heterocycles. The first-order chi connectivity index (χ1) is 13.6. The molecule has 150 valence electrons. The number of pyridine rings is 1. The molecule has 0 saturated carbocycles. The zero-order chi connectivity index (χ0) is 20.2. The van der Waals surface area contributed by atoms with Crippen LogP contribution in [-0.4, -0.2) is 30.6 Å². The monoisotopic (exact) mass is 385 g/mol. The lowest BCUT2D eigenvalue weighted by atomic mass is 10.2. The van der Waals surface area contributed by atoms with Crippen molar-refractivity contribution < 1.29 is 23.8 Å². The SMILES string of the molecule is CCCCCCCOc1ccc(COC(=O)c2cccc(C(=O)OC)n2)cc1. The minimum Gasteiger partial charge on any atom is -0.494 e. The smallest absolute Gasteiger partial charge is 0.357 e. The summed E-state index contributed by atoms with van der Waals surface area (Å²) in [6.07, 6.45) is 6.00. The van der Waals surface area contributed by atoms with E-state index in [2.05, 4.69) is 16.6 Å². The Kier molecular flexibility index (Phi) is 8.98. The number of methoxy groups -OCH3 is 1. The predicted octanol–water partition coefficient (Wildman–Crippen LogP) is 4.57. The van der Waals surface area contributed by atoms with Crippen LogP contribution in [0.15, 0.2) is 42.5 Å². The highest BCUT2D eigenvalue weighted by Crippen LogP contribution is 2.14. The van der Waals surface area contributed by atoms with Crippen molar-refractivity contribution in [3.05, 3.63) is 59.4 Å². The number of unbranched alkanes of at least 4 members (excludes halogenated alkanes) is 4. The number of nitrogens with zero attached hydrogens (tertiary/aromatic N) is 1. The van der Waals surface area contributed by atoms with Crippen LogP contribution in [0.1, 0.15) is 65.6 Å². The number of aromatic nitrogens is 1. The highest BCUT2D eigenvalue weighted by Gasteiger charge is 2.13. The third-order valence-corrected chi connectivity index (χ3v) is 4.16. The molecule has 0 aliphatic rings. The maximum absolute atomic E-state index is 12.1. The number of esters is 2. The van der Waals surface area contributed by atoms with Gasteiger partial charge in [0.2, 0.25) is 0 Å². The molecule has 0 radical (unpaired) electrons. The summed E-state index contributed by atoms with van der Waals surface area (Å²) in [6.45, 7) is 3.02. The van der Waals surface area contributed by atoms with Gasteiger partial charge >= 0.3 is 11.9 Å². The molecule has 1 aromatic carbocycles. The normalized spacial score (nSPS) is 10.4. The molecule has 0 aliphatic heterocycles. The zero-order valence-electron chi connectivity index (χ0n) is 16.5. The molecular weight excluding hydrogens is 358 g/mol. The van der Waals surface area contributed by atoms with Gasteiger partial charge in [-0.25, -0.2) is 14.6 Å². The van der Waals surface area contributed by atoms with Crippen molar-refractivity contribution in [3.63, 3.8) is 0 Å². The maximum atomic E-state index is 12.1. The maximum Gasteiger partial charge on any atom is 0.357 e. The van der Waals surface area contributed by atoms with E-state index in [-0.39, 0.29) is 18.0 Å². The number of rotatable bonds is 11. The summed E-state index contributed by atoms with van der Waals surface area (Å²) in [6, 6.07) is 12.0. The van der Waals surface area contributed by atoms with Crippen molar-refractivity contribution in [3.8, 4) is 5.75 Å². The fourth-order valence-corrected chi connectivity index (χ4v) is 2.57. The van der Waals surface area contributed by atoms with Gasteiger partial charge in [0.05, 0.1) is 13.7 Å². The number of carbonyl (C=O) groups excluding carboxylic acids is 2. The first kappa shape index (κ1) is 21.4. The lowest BCUT2D eigenvalue weighted by Crippen LogP contribution is -2.11. The van der Waals surface area contributed by atoms with Crippen LogP contribution >= 0.6 is 0 Å². The number of ether oxygens (including phenoxy) is 3. The minimum atomic E-state index is -0.601. The number of benzene rings is 1. The molecule has 1 heterocycles. The Hall–Kier alpha value is -2.89. The van der Waals surface area contributed by atoms with Gasteiger partial charge in [-0.05, 0) is 36.2 Å². The lowest BCUT2D eigenvalue weighted by Gasteiger charge is -2.08. The van der Waals surface area contributed by atoms with Crippen molar-refractivity contribution in [1.29, 1.82) is 0 Å². The van der Waals surface area contributed by atoms with Crippen LogP contribution in [-0.2, 0) is 16.1 Å². The second-order valence-corrected chi connectivity index (χ2v) is 6.38. The van der Waals surface area contributed by atoms with Crippen molar-refractivity contribution in [1.82, 2.24) is 4.98 Å². The van der Waals surface area contributed by atoms with E-state index in [0.717, 1.165) is 17.7 Å². The summed E-state index contributed by atoms with van der Waals surface area (Å²) in [7, 11) is 1.26. The summed E-state index contributed by atoms with van der Waals surface area (Å²) in [5, 5.41) is 0. The van der Waals surface area contributed by atoms with E-state index in [1.54, 1.807) is 6.07 Å². The number of carbonyl (C=O) groups is 2. The lowest BCUT2D eigenvalue weighted by molar-refractivity contribution is 0.0465. The first-order valence-corrected chi connectivity index (χ1v) is 9.58. The Morgan fingerprint density at radius 2 is 1.57 bits per heavy atom. The van der Waals surface area contributed by atoms with Crippen LogP contribution in [0, 0.1) is 0 Å². The average molecular weight is 385 g/mol. The summed E-state index contributed by atoms with van der Waals surface area (Å²) >= 11 is 0. The Labute approximate surface area is 165 Å². The van der Waals surface area contributed by atoms with Crippen molar-refractivity contribution in [2.45, 2.75) is 45.6 Å². The molecule has 28 heavy (non-hydrogen) atoms. The van der Waals surface area contributed by atoms with Gasteiger partial charge in [0.25, 0.3) is 0 Å². The average Bonchev–Trinajstić information content (AvgIpc) is 2.74. The topological polar surface area (TPSA) is 74.7 Å². The third-order valence-electron chi connectivity index (χ3n) is 4.16. The third kappa shape index (κ3) is 7.02. The van der Waals surface area contributed by atoms with Crippen LogP contribution in [0.3, 0.4) is 0 Å². The van der Waals surface area contributed by atoms with Crippen LogP contribution in [0.25, 0.3) is 0 Å². The van der Waals surface area contributed by atoms with Gasteiger partial charge < -0.3 is 14.2 Å². The summed E-state index contributed by atoms with van der Waals surface area (Å²) in [5.41, 5.74) is 0.965. The van der Waals surface area contributed by atoms with Gasteiger partial charge in [0.1, 0.15) is 23.7 Å². The summed E-state index contributed by atoms with van der Waals surface area (Å²) < 4.78 is 15.6. The molecule has 0 spiro atoms. The molecule has 0 amide bonds. The minimum absolute atomic E-state index is 0.0610. The van der Waals surface area contributed by atoms with Gasteiger partial charge in [-0.1, -0.05) is 50.8 Å². The Morgan fingerprint density at radius 1 is 0.893 bits per heavy atom. The molecule has 0 aliphatic carbocycles. The fourth-order valence-electron chi connectivity index (χ4n) is 2.57. The molecule has 0 N–H and O–H groups in total. The molecule has 0 atom stereocenters.